The highest BCUT2D eigenvalue weighted by molar-refractivity contribution is 6.04. The average Bonchev–Trinajstić information content (AvgIpc) is 2.65. The minimum absolute atomic E-state index is 0.0797. The van der Waals surface area contributed by atoms with Gasteiger partial charge >= 0.3 is 17.8 Å². The first-order valence-electron chi connectivity index (χ1n) is 8.06. The highest BCUT2D eigenvalue weighted by Gasteiger charge is 2.31. The minimum Gasteiger partial charge on any atom is -0.506 e. The number of hydrogen-bond acceptors (Lipinski definition) is 5. The fourth-order valence-electron chi connectivity index (χ4n) is 2.74. The SMILES string of the molecule is O=C(O)CNC(=O)c1c(O)c2cccc(-c3cccc(C(F)(F)F)c3)c2oc1=O. The van der Waals surface area contributed by atoms with E-state index in [4.69, 9.17) is 9.52 Å². The number of aromatic hydroxyl groups is 1. The van der Waals surface area contributed by atoms with Gasteiger partial charge in [0.2, 0.25) is 0 Å². The molecule has 0 atom stereocenters. The summed E-state index contributed by atoms with van der Waals surface area (Å²) >= 11 is 0. The molecule has 7 nitrogen and oxygen atoms in total. The lowest BCUT2D eigenvalue weighted by Gasteiger charge is -2.11. The van der Waals surface area contributed by atoms with Crippen molar-refractivity contribution >= 4 is 22.8 Å². The Bertz CT molecular complexity index is 1180. The van der Waals surface area contributed by atoms with E-state index in [0.717, 1.165) is 12.1 Å². The molecule has 3 N–H and O–H groups in total. The third kappa shape index (κ3) is 3.91. The molecule has 0 bridgehead atoms. The molecule has 0 aliphatic heterocycles. The van der Waals surface area contributed by atoms with Crippen LogP contribution in [0.25, 0.3) is 22.1 Å². The fourth-order valence-corrected chi connectivity index (χ4v) is 2.74. The Morgan fingerprint density at radius 2 is 1.79 bits per heavy atom. The maximum Gasteiger partial charge on any atom is 0.416 e. The van der Waals surface area contributed by atoms with Crippen molar-refractivity contribution in [3.05, 3.63) is 64.0 Å². The fraction of sp³-hybridized carbons (Fsp3) is 0.105. The van der Waals surface area contributed by atoms with Crippen molar-refractivity contribution in [2.45, 2.75) is 6.18 Å². The molecular formula is C19H12F3NO6. The largest absolute Gasteiger partial charge is 0.506 e. The van der Waals surface area contributed by atoms with Crippen LogP contribution in [0.2, 0.25) is 0 Å². The molecule has 0 saturated heterocycles. The lowest BCUT2D eigenvalue weighted by atomic mass is 9.99. The Kier molecular flexibility index (Phi) is 5.02. The lowest BCUT2D eigenvalue weighted by molar-refractivity contribution is -0.137. The molecule has 0 saturated carbocycles. The molecule has 0 spiro atoms. The molecule has 1 aromatic heterocycles. The second kappa shape index (κ2) is 7.30. The molecule has 150 valence electrons. The molecule has 0 unspecified atom stereocenters. The van der Waals surface area contributed by atoms with Gasteiger partial charge in [-0.3, -0.25) is 9.59 Å². The van der Waals surface area contributed by atoms with E-state index in [1.165, 1.54) is 30.3 Å². The number of alkyl halides is 3. The summed E-state index contributed by atoms with van der Waals surface area (Å²) in [5.41, 5.74) is -3.03. The molecule has 1 amide bonds. The van der Waals surface area contributed by atoms with Crippen LogP contribution in [0.1, 0.15) is 15.9 Å². The third-order valence-electron chi connectivity index (χ3n) is 4.03. The molecule has 0 aliphatic rings. The van der Waals surface area contributed by atoms with Gasteiger partial charge in [-0.2, -0.15) is 13.2 Å². The number of carboxylic acid groups (broad SMARTS) is 1. The average molecular weight is 407 g/mol. The zero-order valence-electron chi connectivity index (χ0n) is 14.4. The molecule has 29 heavy (non-hydrogen) atoms. The number of fused-ring (bicyclic) bond motifs is 1. The van der Waals surface area contributed by atoms with Gasteiger partial charge in [-0.25, -0.2) is 4.79 Å². The van der Waals surface area contributed by atoms with Crippen LogP contribution in [0.5, 0.6) is 5.75 Å². The van der Waals surface area contributed by atoms with Crippen molar-refractivity contribution in [1.29, 1.82) is 0 Å². The summed E-state index contributed by atoms with van der Waals surface area (Å²) in [6.45, 7) is -0.792. The zero-order valence-corrected chi connectivity index (χ0v) is 14.4. The summed E-state index contributed by atoms with van der Waals surface area (Å²) in [6, 6.07) is 8.39. The van der Waals surface area contributed by atoms with E-state index in [1.54, 1.807) is 0 Å². The lowest BCUT2D eigenvalue weighted by Crippen LogP contribution is -2.32. The van der Waals surface area contributed by atoms with Crippen molar-refractivity contribution in [3.63, 3.8) is 0 Å². The second-order valence-electron chi connectivity index (χ2n) is 5.95. The Balaban J connectivity index is 2.17. The first kappa shape index (κ1) is 19.9. The van der Waals surface area contributed by atoms with Crippen molar-refractivity contribution in [1.82, 2.24) is 5.32 Å². The molecule has 0 aliphatic carbocycles. The van der Waals surface area contributed by atoms with Crippen LogP contribution in [-0.4, -0.2) is 28.6 Å². The summed E-state index contributed by atoms with van der Waals surface area (Å²) in [4.78, 5) is 34.8. The van der Waals surface area contributed by atoms with Gasteiger partial charge in [0.25, 0.3) is 5.91 Å². The van der Waals surface area contributed by atoms with Crippen LogP contribution in [0, 0.1) is 0 Å². The van der Waals surface area contributed by atoms with E-state index in [-0.39, 0.29) is 22.1 Å². The number of para-hydroxylation sites is 1. The molecule has 1 heterocycles. The van der Waals surface area contributed by atoms with Gasteiger partial charge in [0.05, 0.1) is 10.9 Å². The summed E-state index contributed by atoms with van der Waals surface area (Å²) in [6.07, 6.45) is -4.58. The number of halogens is 3. The van der Waals surface area contributed by atoms with Crippen LogP contribution in [0.15, 0.2) is 51.7 Å². The normalized spacial score (nSPS) is 11.4. The van der Waals surface area contributed by atoms with Gasteiger partial charge in [-0.15, -0.1) is 0 Å². The predicted molar refractivity (Wildman–Crippen MR) is 94.6 cm³/mol. The number of rotatable bonds is 4. The van der Waals surface area contributed by atoms with Crippen LogP contribution in [-0.2, 0) is 11.0 Å². The van der Waals surface area contributed by atoms with E-state index in [0.29, 0.717) is 0 Å². The maximum absolute atomic E-state index is 13.0. The van der Waals surface area contributed by atoms with Crippen LogP contribution >= 0.6 is 0 Å². The quantitative estimate of drug-likeness (QED) is 0.573. The molecule has 3 aromatic rings. The topological polar surface area (TPSA) is 117 Å². The van der Waals surface area contributed by atoms with Gasteiger partial charge in [0, 0.05) is 5.56 Å². The van der Waals surface area contributed by atoms with E-state index in [9.17, 15) is 32.7 Å². The molecule has 0 radical (unpaired) electrons. The van der Waals surface area contributed by atoms with Crippen molar-refractivity contribution in [2.75, 3.05) is 6.54 Å². The number of hydrogen-bond donors (Lipinski definition) is 3. The second-order valence-corrected chi connectivity index (χ2v) is 5.95. The summed E-state index contributed by atoms with van der Waals surface area (Å²) < 4.78 is 44.1. The number of benzene rings is 2. The van der Waals surface area contributed by atoms with Gasteiger partial charge in [-0.1, -0.05) is 24.3 Å². The number of carbonyl (C=O) groups excluding carboxylic acids is 1. The first-order chi connectivity index (χ1) is 13.6. The highest BCUT2D eigenvalue weighted by Crippen LogP contribution is 2.36. The summed E-state index contributed by atoms with van der Waals surface area (Å²) in [7, 11) is 0. The molecule has 2 aromatic carbocycles. The Hall–Kier alpha value is -3.82. The van der Waals surface area contributed by atoms with Crippen LogP contribution in [0.4, 0.5) is 13.2 Å². The molecule has 3 rings (SSSR count). The van der Waals surface area contributed by atoms with Gasteiger partial charge in [0.1, 0.15) is 17.9 Å². The standard InChI is InChI=1S/C19H12F3NO6/c20-19(21,22)10-4-1-3-9(7-10)11-5-2-6-12-15(26)14(18(28)29-16(11)12)17(27)23-8-13(24)25/h1-7,26H,8H2,(H,23,27)(H,24,25). The van der Waals surface area contributed by atoms with Gasteiger partial charge in [-0.05, 0) is 23.8 Å². The van der Waals surface area contributed by atoms with E-state index in [1.807, 2.05) is 5.32 Å². The summed E-state index contributed by atoms with van der Waals surface area (Å²) in [5, 5.41) is 20.8. The Morgan fingerprint density at radius 1 is 1.10 bits per heavy atom. The number of nitrogens with one attached hydrogen (secondary N) is 1. The minimum atomic E-state index is -4.58. The number of carboxylic acids is 1. The van der Waals surface area contributed by atoms with Crippen molar-refractivity contribution in [3.8, 4) is 16.9 Å². The Morgan fingerprint density at radius 3 is 2.45 bits per heavy atom. The zero-order chi connectivity index (χ0) is 21.3. The van der Waals surface area contributed by atoms with Crippen molar-refractivity contribution in [2.24, 2.45) is 0 Å². The molecular weight excluding hydrogens is 395 g/mol. The van der Waals surface area contributed by atoms with Gasteiger partial charge in [0.15, 0.2) is 5.56 Å². The van der Waals surface area contributed by atoms with Gasteiger partial charge < -0.3 is 19.9 Å². The number of amides is 1. The smallest absolute Gasteiger partial charge is 0.416 e. The van der Waals surface area contributed by atoms with E-state index < -0.39 is 47.1 Å². The number of carbonyl (C=O) groups is 2. The maximum atomic E-state index is 13.0. The van der Waals surface area contributed by atoms with E-state index in [2.05, 4.69) is 0 Å². The van der Waals surface area contributed by atoms with E-state index >= 15 is 0 Å². The third-order valence-corrected chi connectivity index (χ3v) is 4.03. The molecule has 0 fully saturated rings. The first-order valence-corrected chi connectivity index (χ1v) is 8.06. The van der Waals surface area contributed by atoms with Crippen LogP contribution < -0.4 is 10.9 Å². The number of aliphatic carboxylic acids is 1. The Labute approximate surface area is 160 Å². The monoisotopic (exact) mass is 407 g/mol. The molecule has 10 heteroatoms. The summed E-state index contributed by atoms with van der Waals surface area (Å²) in [5.74, 6) is -3.30. The predicted octanol–water partition coefficient (Wildman–Crippen LogP) is 3.00. The van der Waals surface area contributed by atoms with Crippen molar-refractivity contribution < 1.29 is 37.4 Å². The van der Waals surface area contributed by atoms with Crippen LogP contribution in [0.3, 0.4) is 0 Å². The highest BCUT2D eigenvalue weighted by atomic mass is 19.4.